The number of nitrogens with two attached hydrogens (primary N) is 2. The average molecular weight is 426 g/mol. The van der Waals surface area contributed by atoms with Crippen LogP contribution in [-0.2, 0) is 10.9 Å². The molecule has 2 fully saturated rings. The maximum absolute atomic E-state index is 13.1. The zero-order valence-electron chi connectivity index (χ0n) is 15.5. The van der Waals surface area contributed by atoms with Gasteiger partial charge in [-0.05, 0) is 31.4 Å². The Morgan fingerprint density at radius 3 is 2.62 bits per heavy atom. The van der Waals surface area contributed by atoms with Crippen LogP contribution < -0.4 is 16.4 Å². The zero-order valence-corrected chi connectivity index (χ0v) is 16.3. The lowest BCUT2D eigenvalue weighted by atomic mass is 9.85. The van der Waals surface area contributed by atoms with Crippen molar-refractivity contribution in [1.29, 1.82) is 0 Å². The van der Waals surface area contributed by atoms with E-state index in [1.54, 1.807) is 0 Å². The van der Waals surface area contributed by atoms with E-state index in [2.05, 4.69) is 15.0 Å². The maximum atomic E-state index is 13.1. The van der Waals surface area contributed by atoms with E-state index in [1.165, 1.54) is 18.3 Å². The van der Waals surface area contributed by atoms with Crippen molar-refractivity contribution in [1.82, 2.24) is 15.0 Å². The molecule has 4 heterocycles. The first-order valence-corrected chi connectivity index (χ1v) is 10.1. The van der Waals surface area contributed by atoms with Crippen molar-refractivity contribution in [2.24, 2.45) is 5.73 Å². The number of anilines is 2. The molecule has 4 rings (SSSR count). The lowest BCUT2D eigenvalue weighted by Gasteiger charge is -2.41. The summed E-state index contributed by atoms with van der Waals surface area (Å²) in [5.41, 5.74) is 11.0. The molecule has 0 aromatic carbocycles. The van der Waals surface area contributed by atoms with Crippen LogP contribution in [0.1, 0.15) is 25.0 Å². The summed E-state index contributed by atoms with van der Waals surface area (Å²) in [5, 5.41) is 0.210. The minimum Gasteiger partial charge on any atom is -0.381 e. The Morgan fingerprint density at radius 2 is 2.00 bits per heavy atom. The van der Waals surface area contributed by atoms with Gasteiger partial charge < -0.3 is 21.1 Å². The topological polar surface area (TPSA) is 103 Å². The Labute approximate surface area is 170 Å². The standard InChI is InChI=1S/C18H21F3N6OS/c19-18(20,21)14-11(2-1-6-24-14)29-16-15(23)26-13(10-25-16)27-7-4-17(5-8-27)12(22)3-9-28-17/h1-2,6,10,12H,3-5,7-9,22H2,(H2,23,26). The molecule has 0 aliphatic carbocycles. The number of nitrogens with zero attached hydrogens (tertiary/aromatic N) is 4. The molecule has 1 atom stereocenters. The minimum absolute atomic E-state index is 0.0434. The summed E-state index contributed by atoms with van der Waals surface area (Å²) in [6.07, 6.45) is 0.531. The summed E-state index contributed by atoms with van der Waals surface area (Å²) in [4.78, 5) is 14.0. The van der Waals surface area contributed by atoms with Crippen molar-refractivity contribution in [2.45, 2.75) is 47.0 Å². The summed E-state index contributed by atoms with van der Waals surface area (Å²) >= 11 is 0.802. The second-order valence-electron chi connectivity index (χ2n) is 7.16. The van der Waals surface area contributed by atoms with Crippen LogP contribution >= 0.6 is 11.8 Å². The maximum Gasteiger partial charge on any atom is 0.434 e. The number of hydrogen-bond acceptors (Lipinski definition) is 8. The molecule has 1 spiro atoms. The highest BCUT2D eigenvalue weighted by atomic mass is 32.2. The molecular weight excluding hydrogens is 405 g/mol. The van der Waals surface area contributed by atoms with Crippen LogP contribution in [0.4, 0.5) is 24.8 Å². The number of rotatable bonds is 3. The van der Waals surface area contributed by atoms with Crippen molar-refractivity contribution in [3.8, 4) is 0 Å². The molecule has 0 saturated carbocycles. The molecule has 7 nitrogen and oxygen atoms in total. The van der Waals surface area contributed by atoms with E-state index < -0.39 is 11.9 Å². The number of hydrogen-bond donors (Lipinski definition) is 2. The van der Waals surface area contributed by atoms with Crippen LogP contribution in [0, 0.1) is 0 Å². The van der Waals surface area contributed by atoms with Gasteiger partial charge in [0.05, 0.1) is 11.8 Å². The van der Waals surface area contributed by atoms with Gasteiger partial charge >= 0.3 is 6.18 Å². The molecule has 11 heteroatoms. The third kappa shape index (κ3) is 3.99. The number of nitrogen functional groups attached to an aromatic ring is 1. The van der Waals surface area contributed by atoms with E-state index in [0.717, 1.165) is 37.2 Å². The van der Waals surface area contributed by atoms with Gasteiger partial charge in [-0.1, -0.05) is 11.8 Å². The van der Waals surface area contributed by atoms with E-state index in [-0.39, 0.29) is 27.4 Å². The largest absolute Gasteiger partial charge is 0.434 e. The summed E-state index contributed by atoms with van der Waals surface area (Å²) in [6.45, 7) is 2.10. The number of aromatic nitrogens is 3. The highest BCUT2D eigenvalue weighted by Gasteiger charge is 2.44. The number of pyridine rings is 1. The first-order chi connectivity index (χ1) is 13.8. The molecule has 2 aliphatic heterocycles. The van der Waals surface area contributed by atoms with E-state index in [1.807, 2.05) is 4.90 Å². The summed E-state index contributed by atoms with van der Waals surface area (Å²) in [7, 11) is 0. The van der Waals surface area contributed by atoms with Gasteiger partial charge in [0, 0.05) is 36.8 Å². The van der Waals surface area contributed by atoms with Crippen molar-refractivity contribution in [3.63, 3.8) is 0 Å². The SMILES string of the molecule is Nc1nc(N2CCC3(CC2)OCCC3N)cnc1Sc1cccnc1C(F)(F)F. The van der Waals surface area contributed by atoms with E-state index >= 15 is 0 Å². The normalized spacial score (nSPS) is 21.7. The number of alkyl halides is 3. The van der Waals surface area contributed by atoms with Crippen LogP contribution in [0.2, 0.25) is 0 Å². The molecule has 156 valence electrons. The third-order valence-corrected chi connectivity index (χ3v) is 6.48. The van der Waals surface area contributed by atoms with Gasteiger partial charge in [-0.25, -0.2) is 9.97 Å². The van der Waals surface area contributed by atoms with Crippen molar-refractivity contribution >= 4 is 23.4 Å². The van der Waals surface area contributed by atoms with Gasteiger partial charge in [0.25, 0.3) is 0 Å². The summed E-state index contributed by atoms with van der Waals surface area (Å²) in [5.74, 6) is 0.675. The first kappa shape index (κ1) is 20.2. The predicted octanol–water partition coefficient (Wildman–Crippen LogP) is 2.71. The van der Waals surface area contributed by atoms with E-state index in [9.17, 15) is 13.2 Å². The van der Waals surface area contributed by atoms with Crippen LogP contribution in [0.3, 0.4) is 0 Å². The first-order valence-electron chi connectivity index (χ1n) is 9.25. The highest BCUT2D eigenvalue weighted by Crippen LogP contribution is 2.40. The van der Waals surface area contributed by atoms with Crippen LogP contribution in [-0.4, -0.2) is 46.3 Å². The molecule has 2 aromatic heterocycles. The smallest absolute Gasteiger partial charge is 0.381 e. The fourth-order valence-corrected chi connectivity index (χ4v) is 4.67. The molecule has 0 amide bonds. The van der Waals surface area contributed by atoms with Gasteiger partial charge in [0.15, 0.2) is 11.5 Å². The fraction of sp³-hybridized carbons (Fsp3) is 0.500. The van der Waals surface area contributed by atoms with E-state index in [0.29, 0.717) is 25.5 Å². The monoisotopic (exact) mass is 426 g/mol. The van der Waals surface area contributed by atoms with Gasteiger partial charge in [-0.15, -0.1) is 0 Å². The molecule has 0 bridgehead atoms. The Morgan fingerprint density at radius 1 is 1.24 bits per heavy atom. The van der Waals surface area contributed by atoms with Crippen molar-refractivity contribution in [3.05, 3.63) is 30.2 Å². The Hall–Kier alpha value is -2.11. The Kier molecular flexibility index (Phi) is 5.30. The second-order valence-corrected chi connectivity index (χ2v) is 8.19. The molecule has 4 N–H and O–H groups in total. The number of ether oxygens (including phenoxy) is 1. The molecule has 2 aliphatic rings. The molecule has 2 aromatic rings. The minimum atomic E-state index is -4.56. The van der Waals surface area contributed by atoms with Crippen molar-refractivity contribution in [2.75, 3.05) is 30.3 Å². The average Bonchev–Trinajstić information content (AvgIpc) is 3.03. The third-order valence-electron chi connectivity index (χ3n) is 5.43. The predicted molar refractivity (Wildman–Crippen MR) is 103 cm³/mol. The number of piperidine rings is 1. The Bertz CT molecular complexity index is 888. The molecule has 0 radical (unpaired) electrons. The zero-order chi connectivity index (χ0) is 20.6. The van der Waals surface area contributed by atoms with Crippen LogP contribution in [0.5, 0.6) is 0 Å². The van der Waals surface area contributed by atoms with E-state index in [4.69, 9.17) is 16.2 Å². The summed E-state index contributed by atoms with van der Waals surface area (Å²) in [6, 6.07) is 2.82. The van der Waals surface area contributed by atoms with Gasteiger partial charge in [0.1, 0.15) is 10.8 Å². The van der Waals surface area contributed by atoms with Crippen LogP contribution in [0.25, 0.3) is 0 Å². The van der Waals surface area contributed by atoms with Gasteiger partial charge in [-0.2, -0.15) is 13.2 Å². The van der Waals surface area contributed by atoms with Crippen LogP contribution in [0.15, 0.2) is 34.4 Å². The lowest BCUT2D eigenvalue weighted by molar-refractivity contribution is -0.143. The molecule has 2 saturated heterocycles. The Balaban J connectivity index is 1.48. The quantitative estimate of drug-likeness (QED) is 0.772. The highest BCUT2D eigenvalue weighted by molar-refractivity contribution is 7.99. The lowest BCUT2D eigenvalue weighted by Crippen LogP contribution is -2.53. The molecular formula is C18H21F3N6OS. The molecule has 1 unspecified atom stereocenters. The fourth-order valence-electron chi connectivity index (χ4n) is 3.79. The van der Waals surface area contributed by atoms with Gasteiger partial charge in [0.2, 0.25) is 0 Å². The number of halogens is 3. The summed E-state index contributed by atoms with van der Waals surface area (Å²) < 4.78 is 45.3. The molecule has 29 heavy (non-hydrogen) atoms. The van der Waals surface area contributed by atoms with Gasteiger partial charge in [-0.3, -0.25) is 4.98 Å². The second kappa shape index (κ2) is 7.62. The van der Waals surface area contributed by atoms with Crippen molar-refractivity contribution < 1.29 is 17.9 Å².